The van der Waals surface area contributed by atoms with Crippen molar-refractivity contribution < 1.29 is 14.3 Å². The maximum atomic E-state index is 13.2. The molecule has 160 valence electrons. The molecule has 1 aliphatic heterocycles. The highest BCUT2D eigenvalue weighted by Gasteiger charge is 2.35. The van der Waals surface area contributed by atoms with Gasteiger partial charge in [-0.1, -0.05) is 0 Å². The summed E-state index contributed by atoms with van der Waals surface area (Å²) >= 11 is 6.68. The Morgan fingerprint density at radius 1 is 1.23 bits per heavy atom. The molecule has 10 heteroatoms. The lowest BCUT2D eigenvalue weighted by Crippen LogP contribution is -2.44. The summed E-state index contributed by atoms with van der Waals surface area (Å²) in [6, 6.07) is 11.2. The van der Waals surface area contributed by atoms with E-state index in [-0.39, 0.29) is 22.1 Å². The first-order chi connectivity index (χ1) is 14.9. The third-order valence-corrected chi connectivity index (χ3v) is 6.54. The molecule has 0 spiro atoms. The Balaban J connectivity index is 1.57. The lowest BCUT2D eigenvalue weighted by atomic mass is 10.1. The highest BCUT2D eigenvalue weighted by atomic mass is 32.2. The maximum Gasteiger partial charge on any atom is 0.261 e. The fourth-order valence-corrected chi connectivity index (χ4v) is 4.71. The van der Waals surface area contributed by atoms with Crippen molar-refractivity contribution in [2.45, 2.75) is 6.04 Å². The molecule has 2 heterocycles. The molecule has 0 bridgehead atoms. The Kier molecular flexibility index (Phi) is 5.84. The minimum absolute atomic E-state index is 0.230. The molecule has 1 unspecified atom stereocenters. The van der Waals surface area contributed by atoms with Gasteiger partial charge < -0.3 is 19.9 Å². The van der Waals surface area contributed by atoms with Crippen molar-refractivity contribution >= 4 is 52.4 Å². The van der Waals surface area contributed by atoms with Gasteiger partial charge in [0.25, 0.3) is 11.5 Å². The maximum absolute atomic E-state index is 13.2. The summed E-state index contributed by atoms with van der Waals surface area (Å²) in [5, 5.41) is 3.30. The molecular weight excluding hydrogens is 436 g/mol. The van der Waals surface area contributed by atoms with Gasteiger partial charge in [0.2, 0.25) is 5.91 Å². The van der Waals surface area contributed by atoms with Gasteiger partial charge in [-0.3, -0.25) is 19.0 Å². The van der Waals surface area contributed by atoms with Gasteiger partial charge in [0.1, 0.15) is 11.8 Å². The van der Waals surface area contributed by atoms with E-state index in [1.807, 2.05) is 0 Å². The molecular formula is C21H20N4O4S2. The summed E-state index contributed by atoms with van der Waals surface area (Å²) in [5.74, 6) is 1.07. The van der Waals surface area contributed by atoms with Crippen molar-refractivity contribution in [3.8, 4) is 5.75 Å². The van der Waals surface area contributed by atoms with Crippen LogP contribution in [0.25, 0.3) is 10.9 Å². The monoisotopic (exact) mass is 456 g/mol. The quantitative estimate of drug-likeness (QED) is 0.586. The van der Waals surface area contributed by atoms with Gasteiger partial charge in [-0.05, 0) is 54.7 Å². The summed E-state index contributed by atoms with van der Waals surface area (Å²) in [5.41, 5.74) is 1.27. The van der Waals surface area contributed by atoms with Crippen LogP contribution in [-0.4, -0.2) is 51.0 Å². The molecule has 1 atom stereocenters. The Morgan fingerprint density at radius 3 is 2.68 bits per heavy atom. The Bertz CT molecular complexity index is 1280. The van der Waals surface area contributed by atoms with Crippen molar-refractivity contribution in [1.82, 2.24) is 14.5 Å². The molecule has 3 aromatic rings. The van der Waals surface area contributed by atoms with Gasteiger partial charge in [0.15, 0.2) is 4.77 Å². The van der Waals surface area contributed by atoms with Gasteiger partial charge in [0, 0.05) is 24.1 Å². The molecule has 0 radical (unpaired) electrons. The van der Waals surface area contributed by atoms with E-state index in [0.717, 1.165) is 0 Å². The second-order valence-corrected chi connectivity index (χ2v) is 8.45. The van der Waals surface area contributed by atoms with E-state index in [9.17, 15) is 14.4 Å². The largest absolute Gasteiger partial charge is 0.497 e. The molecule has 2 aromatic carbocycles. The summed E-state index contributed by atoms with van der Waals surface area (Å²) < 4.78 is 6.74. The highest BCUT2D eigenvalue weighted by molar-refractivity contribution is 7.99. The fraction of sp³-hybridized carbons (Fsp3) is 0.238. The van der Waals surface area contributed by atoms with Crippen LogP contribution in [0.4, 0.5) is 5.69 Å². The molecule has 2 amide bonds. The molecule has 1 saturated heterocycles. The number of nitrogens with one attached hydrogen (secondary N) is 2. The van der Waals surface area contributed by atoms with E-state index in [1.54, 1.807) is 61.5 Å². The minimum atomic E-state index is -0.600. The van der Waals surface area contributed by atoms with Crippen LogP contribution in [0.3, 0.4) is 0 Å². The summed E-state index contributed by atoms with van der Waals surface area (Å²) in [6.45, 7) is 0. The van der Waals surface area contributed by atoms with Crippen LogP contribution in [0.15, 0.2) is 47.3 Å². The van der Waals surface area contributed by atoms with Crippen molar-refractivity contribution in [3.05, 3.63) is 63.2 Å². The minimum Gasteiger partial charge on any atom is -0.497 e. The number of anilines is 1. The second kappa shape index (κ2) is 8.56. The van der Waals surface area contributed by atoms with Crippen LogP contribution in [-0.2, 0) is 11.8 Å². The van der Waals surface area contributed by atoms with E-state index < -0.39 is 6.04 Å². The molecule has 8 nitrogen and oxygen atoms in total. The number of rotatable bonds is 4. The first kappa shape index (κ1) is 21.1. The van der Waals surface area contributed by atoms with E-state index in [1.165, 1.54) is 16.3 Å². The molecule has 2 N–H and O–H groups in total. The molecule has 0 saturated carbocycles. The molecule has 31 heavy (non-hydrogen) atoms. The van der Waals surface area contributed by atoms with E-state index in [4.69, 9.17) is 17.0 Å². The second-order valence-electron chi connectivity index (χ2n) is 7.06. The van der Waals surface area contributed by atoms with E-state index in [2.05, 4.69) is 10.3 Å². The lowest BCUT2D eigenvalue weighted by Gasteiger charge is -2.23. The number of hydrogen-bond donors (Lipinski definition) is 2. The van der Waals surface area contributed by atoms with Crippen LogP contribution >= 0.6 is 24.0 Å². The summed E-state index contributed by atoms with van der Waals surface area (Å²) in [7, 11) is 3.16. The predicted molar refractivity (Wildman–Crippen MR) is 123 cm³/mol. The van der Waals surface area contributed by atoms with Gasteiger partial charge in [-0.25, -0.2) is 0 Å². The van der Waals surface area contributed by atoms with Crippen molar-refractivity contribution in [2.24, 2.45) is 7.05 Å². The van der Waals surface area contributed by atoms with Gasteiger partial charge >= 0.3 is 0 Å². The van der Waals surface area contributed by atoms with Crippen molar-refractivity contribution in [3.63, 3.8) is 0 Å². The number of H-pyrrole nitrogens is 1. The topological polar surface area (TPSA) is 96.4 Å². The van der Waals surface area contributed by atoms with Crippen LogP contribution in [0.1, 0.15) is 10.4 Å². The van der Waals surface area contributed by atoms with E-state index >= 15 is 0 Å². The molecule has 1 aliphatic rings. The van der Waals surface area contributed by atoms with Gasteiger partial charge in [-0.2, -0.15) is 0 Å². The number of ether oxygens (including phenoxy) is 1. The number of aromatic nitrogens is 2. The van der Waals surface area contributed by atoms with Crippen LogP contribution in [0, 0.1) is 4.77 Å². The number of benzene rings is 2. The highest BCUT2D eigenvalue weighted by Crippen LogP contribution is 2.25. The number of methoxy groups -OCH3 is 1. The molecule has 1 aromatic heterocycles. The first-order valence-electron chi connectivity index (χ1n) is 9.46. The smallest absolute Gasteiger partial charge is 0.261 e. The average Bonchev–Trinajstić information content (AvgIpc) is 3.27. The zero-order valence-electron chi connectivity index (χ0n) is 16.9. The first-order valence-corrected chi connectivity index (χ1v) is 11.0. The standard InChI is InChI=1S/C21H20N4O4S2/c1-24-20(28)15-8-3-12(9-16(15)23-21(24)30)19(27)25-11-31-10-17(25)18(26)22-13-4-6-14(29-2)7-5-13/h3-9,17H,10-11H2,1-2H3,(H,22,26)(H,23,30). The summed E-state index contributed by atoms with van der Waals surface area (Å²) in [6.07, 6.45) is 0. The van der Waals surface area contributed by atoms with Crippen LogP contribution < -0.4 is 15.6 Å². The Morgan fingerprint density at radius 2 is 1.97 bits per heavy atom. The van der Waals surface area contributed by atoms with E-state index in [0.29, 0.717) is 39.5 Å². The number of carbonyl (C=O) groups is 2. The SMILES string of the molecule is COc1ccc(NC(=O)C2CSCN2C(=O)c2ccc3c(=O)n(C)c(=S)[nH]c3c2)cc1. The zero-order chi connectivity index (χ0) is 22.1. The van der Waals surface area contributed by atoms with Gasteiger partial charge in [0.05, 0.1) is 23.9 Å². The Labute approximate surface area is 187 Å². The number of amides is 2. The number of hydrogen-bond acceptors (Lipinski definition) is 6. The molecule has 4 rings (SSSR count). The van der Waals surface area contributed by atoms with Crippen molar-refractivity contribution in [2.75, 3.05) is 24.1 Å². The molecule has 0 aliphatic carbocycles. The number of carbonyl (C=O) groups excluding carboxylic acids is 2. The summed E-state index contributed by atoms with van der Waals surface area (Å²) in [4.78, 5) is 42.9. The third kappa shape index (κ3) is 4.08. The average molecular weight is 457 g/mol. The van der Waals surface area contributed by atoms with Crippen LogP contribution in [0.2, 0.25) is 0 Å². The molecule has 1 fully saturated rings. The normalized spacial score (nSPS) is 15.8. The zero-order valence-corrected chi connectivity index (χ0v) is 18.5. The Hall–Kier alpha value is -3.11. The third-order valence-electron chi connectivity index (χ3n) is 5.15. The lowest BCUT2D eigenvalue weighted by molar-refractivity contribution is -0.119. The van der Waals surface area contributed by atoms with Gasteiger partial charge in [-0.15, -0.1) is 11.8 Å². The fourth-order valence-electron chi connectivity index (χ4n) is 3.36. The predicted octanol–water partition coefficient (Wildman–Crippen LogP) is 2.76. The number of aromatic amines is 1. The van der Waals surface area contributed by atoms with Crippen molar-refractivity contribution in [1.29, 1.82) is 0 Å². The van der Waals surface area contributed by atoms with Crippen LogP contribution in [0.5, 0.6) is 5.75 Å². The number of nitrogens with zero attached hydrogens (tertiary/aromatic N) is 2. The number of fused-ring (bicyclic) bond motifs is 1. The number of thioether (sulfide) groups is 1.